The van der Waals surface area contributed by atoms with Crippen molar-refractivity contribution < 1.29 is 14.5 Å². The maximum Gasteiger partial charge on any atom is 0.307 e. The number of esters is 1. The number of nitro groups is 1. The second-order valence-corrected chi connectivity index (χ2v) is 4.68. The van der Waals surface area contributed by atoms with E-state index in [4.69, 9.17) is 16.3 Å². The summed E-state index contributed by atoms with van der Waals surface area (Å²) in [6.07, 6.45) is -0.436. The molecule has 0 aliphatic carbocycles. The molecule has 0 radical (unpaired) electrons. The number of carbonyl (C=O) groups is 1. The minimum Gasteiger partial charge on any atom is -0.466 e. The van der Waals surface area contributed by atoms with Crippen LogP contribution in [0.5, 0.6) is 0 Å². The molecule has 0 aromatic rings. The number of rotatable bonds is 6. The molecule has 1 heterocycles. The lowest BCUT2D eigenvalue weighted by Gasteiger charge is -2.35. The molecule has 1 fully saturated rings. The van der Waals surface area contributed by atoms with Gasteiger partial charge in [0, 0.05) is 11.5 Å². The summed E-state index contributed by atoms with van der Waals surface area (Å²) in [6, 6.07) is -1.24. The summed E-state index contributed by atoms with van der Waals surface area (Å²) in [7, 11) is 0. The quantitative estimate of drug-likeness (QED) is 0.201. The summed E-state index contributed by atoms with van der Waals surface area (Å²) in [5, 5.41) is 19.6. The topological polar surface area (TPSA) is 106 Å². The molecule has 0 amide bonds. The highest BCUT2D eigenvalue weighted by molar-refractivity contribution is 6.20. The van der Waals surface area contributed by atoms with Gasteiger partial charge in [-0.2, -0.15) is 0 Å². The van der Waals surface area contributed by atoms with E-state index in [0.29, 0.717) is 6.61 Å². The molecule has 1 aliphatic heterocycles. The number of nitrogens with zero attached hydrogens (tertiary/aromatic N) is 1. The van der Waals surface area contributed by atoms with E-state index in [2.05, 4.69) is 16.0 Å². The van der Waals surface area contributed by atoms with Crippen molar-refractivity contribution >= 4 is 17.6 Å². The van der Waals surface area contributed by atoms with Gasteiger partial charge in [-0.05, 0) is 13.8 Å². The van der Waals surface area contributed by atoms with Crippen molar-refractivity contribution in [3.63, 3.8) is 0 Å². The van der Waals surface area contributed by atoms with E-state index < -0.39 is 17.8 Å². The Morgan fingerprint density at radius 2 is 2.21 bits per heavy atom. The zero-order valence-corrected chi connectivity index (χ0v) is 11.6. The first-order valence-electron chi connectivity index (χ1n) is 6.14. The predicted octanol–water partition coefficient (Wildman–Crippen LogP) is -0.396. The van der Waals surface area contributed by atoms with Crippen molar-refractivity contribution in [1.82, 2.24) is 16.0 Å². The lowest BCUT2D eigenvalue weighted by molar-refractivity contribution is -0.534. The Labute approximate surface area is 116 Å². The third-order valence-electron chi connectivity index (χ3n) is 2.83. The summed E-state index contributed by atoms with van der Waals surface area (Å²) in [4.78, 5) is 21.8. The maximum absolute atomic E-state index is 11.2. The Balaban J connectivity index is 2.48. The highest BCUT2D eigenvalue weighted by atomic mass is 35.5. The van der Waals surface area contributed by atoms with Crippen LogP contribution in [-0.4, -0.2) is 47.9 Å². The molecule has 0 aromatic carbocycles. The number of alkyl halides is 1. The molecule has 1 saturated heterocycles. The molecule has 19 heavy (non-hydrogen) atoms. The summed E-state index contributed by atoms with van der Waals surface area (Å²) >= 11 is 5.89. The third kappa shape index (κ3) is 4.90. The molecule has 1 aliphatic rings. The first-order valence-corrected chi connectivity index (χ1v) is 6.58. The van der Waals surface area contributed by atoms with Crippen LogP contribution in [0.25, 0.3) is 0 Å². The van der Waals surface area contributed by atoms with Crippen molar-refractivity contribution in [3.8, 4) is 0 Å². The van der Waals surface area contributed by atoms with E-state index in [1.165, 1.54) is 0 Å². The lowest BCUT2D eigenvalue weighted by atomic mass is 10.1. The van der Waals surface area contributed by atoms with Crippen LogP contribution < -0.4 is 16.0 Å². The van der Waals surface area contributed by atoms with Crippen LogP contribution in [0.15, 0.2) is 0 Å². The van der Waals surface area contributed by atoms with Gasteiger partial charge in [0.2, 0.25) is 0 Å². The molecule has 0 saturated carbocycles. The molecule has 0 aromatic heterocycles. The van der Waals surface area contributed by atoms with Crippen LogP contribution >= 0.6 is 11.6 Å². The SMILES string of the molecule is CCOC(=O)CCN[C@H]1N[C@@H](Cl)N[C@@H](C)[C@@H]1[N+](=O)[O-]. The van der Waals surface area contributed by atoms with E-state index in [1.807, 2.05) is 0 Å². The van der Waals surface area contributed by atoms with Crippen molar-refractivity contribution in [2.75, 3.05) is 13.2 Å². The second-order valence-electron chi connectivity index (χ2n) is 4.25. The van der Waals surface area contributed by atoms with Crippen molar-refractivity contribution in [3.05, 3.63) is 10.1 Å². The van der Waals surface area contributed by atoms with Gasteiger partial charge in [0.25, 0.3) is 6.04 Å². The highest BCUT2D eigenvalue weighted by Crippen LogP contribution is 2.11. The Kier molecular flexibility index (Phi) is 6.43. The zero-order valence-electron chi connectivity index (χ0n) is 10.9. The summed E-state index contributed by atoms with van der Waals surface area (Å²) in [5.74, 6) is -0.336. The standard InChI is InChI=1S/C10H19ClN4O4/c1-3-19-7(16)4-5-12-9-8(15(17)18)6(2)13-10(11)14-9/h6,8-10,12-14H,3-5H2,1-2H3/t6-,8-,9-,10-/m0/s1. The number of ether oxygens (including phenoxy) is 1. The normalized spacial score (nSPS) is 30.9. The van der Waals surface area contributed by atoms with Gasteiger partial charge in [0.1, 0.15) is 11.8 Å². The Bertz CT molecular complexity index is 331. The lowest BCUT2D eigenvalue weighted by Crippen LogP contribution is -2.69. The Morgan fingerprint density at radius 1 is 1.53 bits per heavy atom. The van der Waals surface area contributed by atoms with E-state index >= 15 is 0 Å². The van der Waals surface area contributed by atoms with E-state index in [9.17, 15) is 14.9 Å². The van der Waals surface area contributed by atoms with Crippen LogP contribution in [0.4, 0.5) is 0 Å². The fraction of sp³-hybridized carbons (Fsp3) is 0.900. The minimum atomic E-state index is -0.864. The van der Waals surface area contributed by atoms with Gasteiger partial charge in [-0.25, -0.2) is 0 Å². The largest absolute Gasteiger partial charge is 0.466 e. The molecule has 8 nitrogen and oxygen atoms in total. The molecule has 0 spiro atoms. The molecular formula is C10H19ClN4O4. The molecule has 9 heteroatoms. The fourth-order valence-corrected chi connectivity index (χ4v) is 2.30. The van der Waals surface area contributed by atoms with Gasteiger partial charge in [0.05, 0.1) is 19.1 Å². The average Bonchev–Trinajstić information content (AvgIpc) is 2.27. The van der Waals surface area contributed by atoms with Gasteiger partial charge in [-0.1, -0.05) is 11.6 Å². The third-order valence-corrected chi connectivity index (χ3v) is 3.08. The minimum absolute atomic E-state index is 0.158. The summed E-state index contributed by atoms with van der Waals surface area (Å²) < 4.78 is 4.78. The molecular weight excluding hydrogens is 276 g/mol. The van der Waals surface area contributed by atoms with Crippen LogP contribution in [0, 0.1) is 10.1 Å². The van der Waals surface area contributed by atoms with Crippen LogP contribution in [0.1, 0.15) is 20.3 Å². The number of halogens is 1. The van der Waals surface area contributed by atoms with E-state index in [1.54, 1.807) is 13.8 Å². The predicted molar refractivity (Wildman–Crippen MR) is 69.2 cm³/mol. The molecule has 4 atom stereocenters. The molecule has 0 unspecified atom stereocenters. The second kappa shape index (κ2) is 7.59. The number of hydrogen-bond donors (Lipinski definition) is 3. The Morgan fingerprint density at radius 3 is 2.79 bits per heavy atom. The monoisotopic (exact) mass is 294 g/mol. The van der Waals surface area contributed by atoms with Gasteiger partial charge < -0.3 is 4.74 Å². The smallest absolute Gasteiger partial charge is 0.307 e. The van der Waals surface area contributed by atoms with E-state index in [-0.39, 0.29) is 29.9 Å². The van der Waals surface area contributed by atoms with Crippen molar-refractivity contribution in [2.45, 2.75) is 44.1 Å². The maximum atomic E-state index is 11.2. The fourth-order valence-electron chi connectivity index (χ4n) is 1.97. The van der Waals surface area contributed by atoms with Crippen LogP contribution in [0.3, 0.4) is 0 Å². The zero-order chi connectivity index (χ0) is 14.4. The number of nitrogens with one attached hydrogen (secondary N) is 3. The number of hydrogen-bond acceptors (Lipinski definition) is 7. The van der Waals surface area contributed by atoms with Crippen LogP contribution in [0.2, 0.25) is 0 Å². The first-order chi connectivity index (χ1) is 8.95. The molecule has 3 N–H and O–H groups in total. The Hall–Kier alpha value is -0.960. The molecule has 110 valence electrons. The summed E-state index contributed by atoms with van der Waals surface area (Å²) in [6.45, 7) is 4.03. The van der Waals surface area contributed by atoms with Gasteiger partial charge in [-0.3, -0.25) is 30.9 Å². The van der Waals surface area contributed by atoms with Gasteiger partial charge in [0.15, 0.2) is 0 Å². The first kappa shape index (κ1) is 16.1. The summed E-state index contributed by atoms with van der Waals surface area (Å²) in [5.41, 5.74) is -0.550. The highest BCUT2D eigenvalue weighted by Gasteiger charge is 2.42. The van der Waals surface area contributed by atoms with Crippen molar-refractivity contribution in [2.24, 2.45) is 0 Å². The van der Waals surface area contributed by atoms with Crippen molar-refractivity contribution in [1.29, 1.82) is 0 Å². The average molecular weight is 295 g/mol. The van der Waals surface area contributed by atoms with Crippen LogP contribution in [-0.2, 0) is 9.53 Å². The number of carbonyl (C=O) groups excluding carboxylic acids is 1. The van der Waals surface area contributed by atoms with E-state index in [0.717, 1.165) is 0 Å². The van der Waals surface area contributed by atoms with Gasteiger partial charge >= 0.3 is 5.97 Å². The van der Waals surface area contributed by atoms with Gasteiger partial charge in [-0.15, -0.1) is 0 Å². The molecule has 1 rings (SSSR count). The molecule has 0 bridgehead atoms.